The molecule has 0 saturated heterocycles. The van der Waals surface area contributed by atoms with Crippen molar-refractivity contribution in [3.63, 3.8) is 0 Å². The molecule has 4 rings (SSSR count). The number of nitrogens with one attached hydrogen (secondary N) is 3. The highest BCUT2D eigenvalue weighted by Gasteiger charge is 2.32. The summed E-state index contributed by atoms with van der Waals surface area (Å²) in [6.45, 7) is 5.30. The molecular weight excluding hydrogens is 561 g/mol. The van der Waals surface area contributed by atoms with Crippen molar-refractivity contribution in [3.05, 3.63) is 113 Å². The van der Waals surface area contributed by atoms with Gasteiger partial charge in [-0.15, -0.1) is 0 Å². The minimum Gasteiger partial charge on any atom is -0.444 e. The van der Waals surface area contributed by atoms with Crippen molar-refractivity contribution in [3.8, 4) is 11.1 Å². The van der Waals surface area contributed by atoms with E-state index in [0.717, 1.165) is 12.1 Å². The number of halogens is 3. The average Bonchev–Trinajstić information content (AvgIpc) is 2.95. The molecule has 0 aliphatic carbocycles. The van der Waals surface area contributed by atoms with Crippen LogP contribution in [0.3, 0.4) is 0 Å². The van der Waals surface area contributed by atoms with Gasteiger partial charge in [0.15, 0.2) is 0 Å². The number of aromatic nitrogens is 1. The molecule has 3 N–H and O–H groups in total. The Hall–Kier alpha value is -5.19. The quantitative estimate of drug-likeness (QED) is 0.209. The Bertz CT molecular complexity index is 1620. The maximum atomic E-state index is 13.4. The first-order chi connectivity index (χ1) is 20.3. The molecule has 11 heteroatoms. The Morgan fingerprint density at radius 1 is 0.791 bits per heavy atom. The first-order valence-corrected chi connectivity index (χ1v) is 13.2. The van der Waals surface area contributed by atoms with Crippen LogP contribution in [0, 0.1) is 0 Å². The summed E-state index contributed by atoms with van der Waals surface area (Å²) in [5.41, 5.74) is 0.362. The molecule has 1 aromatic heterocycles. The Morgan fingerprint density at radius 2 is 1.49 bits per heavy atom. The molecule has 0 bridgehead atoms. The van der Waals surface area contributed by atoms with E-state index in [1.165, 1.54) is 18.2 Å². The Kier molecular flexibility index (Phi) is 9.13. The lowest BCUT2D eigenvalue weighted by atomic mass is 9.96. The van der Waals surface area contributed by atoms with Crippen LogP contribution in [-0.4, -0.2) is 28.5 Å². The number of ether oxygens (including phenoxy) is 1. The number of alkyl halides is 3. The normalized spacial score (nSPS) is 11.4. The third kappa shape index (κ3) is 8.65. The van der Waals surface area contributed by atoms with Crippen LogP contribution in [0.4, 0.5) is 29.5 Å². The number of carbonyl (C=O) groups is 3. The molecule has 0 radical (unpaired) electrons. The first kappa shape index (κ1) is 30.8. The number of pyridine rings is 1. The lowest BCUT2D eigenvalue weighted by Crippen LogP contribution is -2.28. The molecule has 0 spiro atoms. The average molecular weight is 591 g/mol. The topological polar surface area (TPSA) is 109 Å². The van der Waals surface area contributed by atoms with Gasteiger partial charge in [0, 0.05) is 17.8 Å². The zero-order chi connectivity index (χ0) is 31.2. The second-order valence-electron chi connectivity index (χ2n) is 10.5. The van der Waals surface area contributed by atoms with E-state index in [9.17, 15) is 27.6 Å². The van der Waals surface area contributed by atoms with Crippen LogP contribution in [0.15, 0.2) is 91.0 Å². The van der Waals surface area contributed by atoms with Crippen LogP contribution in [0.1, 0.15) is 52.7 Å². The van der Waals surface area contributed by atoms with E-state index >= 15 is 0 Å². The summed E-state index contributed by atoms with van der Waals surface area (Å²) >= 11 is 0. The molecule has 0 atom stereocenters. The molecule has 0 aliphatic rings. The van der Waals surface area contributed by atoms with E-state index in [0.29, 0.717) is 22.4 Å². The molecular formula is C32H29F3N4O4. The maximum absolute atomic E-state index is 13.4. The number of rotatable bonds is 7. The number of hydrogen-bond donors (Lipinski definition) is 3. The predicted molar refractivity (Wildman–Crippen MR) is 157 cm³/mol. The summed E-state index contributed by atoms with van der Waals surface area (Å²) < 4.78 is 45.4. The summed E-state index contributed by atoms with van der Waals surface area (Å²) in [6, 6.07) is 22.8. The van der Waals surface area contributed by atoms with Crippen LogP contribution in [0.25, 0.3) is 11.1 Å². The van der Waals surface area contributed by atoms with Crippen molar-refractivity contribution in [2.45, 2.75) is 39.1 Å². The molecule has 0 aliphatic heterocycles. The Labute approximate surface area is 246 Å². The van der Waals surface area contributed by atoms with E-state index in [-0.39, 0.29) is 23.6 Å². The molecule has 8 nitrogen and oxygen atoms in total. The number of nitrogens with zero attached hydrogens (tertiary/aromatic N) is 1. The van der Waals surface area contributed by atoms with Crippen molar-refractivity contribution in [2.75, 3.05) is 10.6 Å². The van der Waals surface area contributed by atoms with Gasteiger partial charge in [0.25, 0.3) is 11.8 Å². The maximum Gasteiger partial charge on any atom is 0.416 e. The molecule has 4 aromatic rings. The molecule has 3 amide bonds. The highest BCUT2D eigenvalue weighted by Crippen LogP contribution is 2.34. The van der Waals surface area contributed by atoms with Crippen LogP contribution in [0.2, 0.25) is 0 Å². The number of amides is 3. The van der Waals surface area contributed by atoms with Gasteiger partial charge in [-0.3, -0.25) is 14.9 Å². The molecule has 43 heavy (non-hydrogen) atoms. The van der Waals surface area contributed by atoms with Crippen molar-refractivity contribution < 1.29 is 32.3 Å². The third-order valence-corrected chi connectivity index (χ3v) is 5.95. The first-order valence-electron chi connectivity index (χ1n) is 13.2. The minimum absolute atomic E-state index is 0.0766. The molecule has 0 unspecified atom stereocenters. The van der Waals surface area contributed by atoms with Crippen molar-refractivity contribution in [1.82, 2.24) is 10.3 Å². The van der Waals surface area contributed by atoms with E-state index < -0.39 is 35.2 Å². The number of benzene rings is 3. The van der Waals surface area contributed by atoms with Crippen molar-refractivity contribution in [2.24, 2.45) is 0 Å². The smallest absolute Gasteiger partial charge is 0.416 e. The van der Waals surface area contributed by atoms with Crippen LogP contribution in [0.5, 0.6) is 0 Å². The van der Waals surface area contributed by atoms with Crippen molar-refractivity contribution in [1.29, 1.82) is 0 Å². The van der Waals surface area contributed by atoms with Gasteiger partial charge in [-0.1, -0.05) is 54.6 Å². The molecule has 0 fully saturated rings. The van der Waals surface area contributed by atoms with Gasteiger partial charge < -0.3 is 15.4 Å². The summed E-state index contributed by atoms with van der Waals surface area (Å²) in [6.07, 6.45) is -5.31. The van der Waals surface area contributed by atoms with Gasteiger partial charge >= 0.3 is 12.3 Å². The fourth-order valence-corrected chi connectivity index (χ4v) is 3.99. The summed E-state index contributed by atoms with van der Waals surface area (Å²) in [5.74, 6) is -1.03. The van der Waals surface area contributed by atoms with Gasteiger partial charge in [0.2, 0.25) is 0 Å². The molecule has 3 aromatic carbocycles. The van der Waals surface area contributed by atoms with E-state index in [4.69, 9.17) is 4.74 Å². The number of hydrogen-bond acceptors (Lipinski definition) is 5. The lowest BCUT2D eigenvalue weighted by Gasteiger charge is -2.19. The minimum atomic E-state index is -4.61. The van der Waals surface area contributed by atoms with Crippen molar-refractivity contribution >= 4 is 29.4 Å². The zero-order valence-electron chi connectivity index (χ0n) is 23.6. The zero-order valence-corrected chi connectivity index (χ0v) is 23.6. The number of carbonyl (C=O) groups excluding carboxylic acids is 3. The van der Waals surface area contributed by atoms with Gasteiger partial charge in [-0.05, 0) is 73.9 Å². The summed E-state index contributed by atoms with van der Waals surface area (Å²) in [5, 5.41) is 7.86. The van der Waals surface area contributed by atoms with Gasteiger partial charge in [0.1, 0.15) is 17.1 Å². The SMILES string of the molecule is CC(C)(C)OC(=O)Nc1cccc(C(=O)NCc2ccc(NC(=O)c3cc(C(F)(F)F)ccc3-c3ccccc3)cc2)n1. The second-order valence-corrected chi connectivity index (χ2v) is 10.5. The predicted octanol–water partition coefficient (Wildman–Crippen LogP) is 7.30. The van der Waals surface area contributed by atoms with E-state index in [2.05, 4.69) is 20.9 Å². The molecule has 1 heterocycles. The highest BCUT2D eigenvalue weighted by atomic mass is 19.4. The fraction of sp³-hybridized carbons (Fsp3) is 0.188. The van der Waals surface area contributed by atoms with Gasteiger partial charge in [-0.2, -0.15) is 13.2 Å². The van der Waals surface area contributed by atoms with Crippen LogP contribution >= 0.6 is 0 Å². The standard InChI is InChI=1S/C32H29F3N4O4/c1-31(2,3)43-30(42)39-27-11-7-10-26(38-27)29(41)36-19-20-12-15-23(16-13-20)37-28(40)25-18-22(32(33,34)35)14-17-24(25)21-8-5-4-6-9-21/h4-18H,19H2,1-3H3,(H,36,41)(H,37,40)(H,38,39,42). The van der Waals surface area contributed by atoms with E-state index in [1.807, 2.05) is 0 Å². The highest BCUT2D eigenvalue weighted by molar-refractivity contribution is 6.09. The monoisotopic (exact) mass is 590 g/mol. The fourth-order valence-electron chi connectivity index (χ4n) is 3.99. The van der Waals surface area contributed by atoms with Crippen LogP contribution < -0.4 is 16.0 Å². The summed E-state index contributed by atoms with van der Waals surface area (Å²) in [4.78, 5) is 41.9. The van der Waals surface area contributed by atoms with Gasteiger partial charge in [0.05, 0.1) is 5.56 Å². The second kappa shape index (κ2) is 12.8. The Morgan fingerprint density at radius 3 is 2.14 bits per heavy atom. The Balaban J connectivity index is 1.40. The third-order valence-electron chi connectivity index (χ3n) is 5.95. The molecule has 0 saturated carbocycles. The molecule has 222 valence electrons. The van der Waals surface area contributed by atoms with Gasteiger partial charge in [-0.25, -0.2) is 9.78 Å². The lowest BCUT2D eigenvalue weighted by molar-refractivity contribution is -0.137. The number of anilines is 2. The largest absolute Gasteiger partial charge is 0.444 e. The summed E-state index contributed by atoms with van der Waals surface area (Å²) in [7, 11) is 0. The van der Waals surface area contributed by atoms with Crippen LogP contribution in [-0.2, 0) is 17.5 Å². The van der Waals surface area contributed by atoms with E-state index in [1.54, 1.807) is 81.4 Å².